The Morgan fingerprint density at radius 1 is 1.19 bits per heavy atom. The van der Waals surface area contributed by atoms with Crippen molar-refractivity contribution in [2.24, 2.45) is 0 Å². The molecule has 0 saturated carbocycles. The molecule has 0 fully saturated rings. The zero-order chi connectivity index (χ0) is 11.9. The molecule has 0 bridgehead atoms. The smallest absolute Gasteiger partial charge is 0.285 e. The van der Waals surface area contributed by atoms with Crippen LogP contribution in [0.15, 0.2) is 30.5 Å². The van der Waals surface area contributed by atoms with E-state index in [0.717, 1.165) is 10.8 Å². The molecule has 0 atom stereocenters. The van der Waals surface area contributed by atoms with E-state index in [1.165, 1.54) is 24.4 Å². The molecule has 0 saturated heterocycles. The number of pyridine rings is 1. The first kappa shape index (κ1) is 11.0. The van der Waals surface area contributed by atoms with Gasteiger partial charge < -0.3 is 0 Å². The summed E-state index contributed by atoms with van der Waals surface area (Å²) in [6.07, 6.45) is -3.19. The van der Waals surface area contributed by atoms with Gasteiger partial charge in [0, 0.05) is 16.9 Å². The molecule has 1 aromatic heterocycles. The Morgan fingerprint density at radius 2 is 1.88 bits per heavy atom. The van der Waals surface area contributed by atoms with E-state index >= 15 is 0 Å². The van der Waals surface area contributed by atoms with Crippen molar-refractivity contribution in [2.75, 3.05) is 0 Å². The molecule has 0 unspecified atom stereocenters. The first-order chi connectivity index (χ1) is 7.41. The second-order valence-corrected chi connectivity index (χ2v) is 3.59. The van der Waals surface area contributed by atoms with Gasteiger partial charge in [0.1, 0.15) is 0 Å². The van der Waals surface area contributed by atoms with Gasteiger partial charge in [0.25, 0.3) is 5.52 Å². The normalized spacial score (nSPS) is 12.0. The van der Waals surface area contributed by atoms with Crippen LogP contribution in [0.2, 0.25) is 5.02 Å². The van der Waals surface area contributed by atoms with Crippen LogP contribution in [0.5, 0.6) is 0 Å². The lowest BCUT2D eigenvalue weighted by Gasteiger charge is -2.08. The molecule has 84 valence electrons. The van der Waals surface area contributed by atoms with Crippen LogP contribution >= 0.6 is 11.6 Å². The quantitative estimate of drug-likeness (QED) is 0.562. The van der Waals surface area contributed by atoms with Crippen molar-refractivity contribution in [3.63, 3.8) is 0 Å². The number of hydrogen-bond acceptors (Lipinski definition) is 1. The highest BCUT2D eigenvalue weighted by atomic mass is 35.5. The Hall–Kier alpha value is -1.49. The van der Waals surface area contributed by atoms with Crippen LogP contribution in [-0.2, 0) is 6.18 Å². The molecule has 0 aliphatic heterocycles. The van der Waals surface area contributed by atoms with Crippen molar-refractivity contribution in [1.29, 1.82) is 0 Å². The number of aromatic nitrogens is 1. The highest BCUT2D eigenvalue weighted by Crippen LogP contribution is 2.37. The van der Waals surface area contributed by atoms with Crippen LogP contribution in [0.25, 0.3) is 10.9 Å². The molecule has 0 radical (unpaired) electrons. The standard InChI is InChI=1S/C10H6ClF3NO/c11-9-6-2-1-5-15(16)8(6)4-3-7(9)10(12,13)14/h1-5,16H/q+1. The lowest BCUT2D eigenvalue weighted by Crippen LogP contribution is -2.30. The Balaban J connectivity index is 2.81. The molecule has 0 aliphatic rings. The first-order valence-corrected chi connectivity index (χ1v) is 4.68. The Labute approximate surface area is 93.5 Å². The molecule has 1 heterocycles. The molecule has 2 aromatic rings. The van der Waals surface area contributed by atoms with Crippen molar-refractivity contribution < 1.29 is 23.1 Å². The second-order valence-electron chi connectivity index (χ2n) is 3.21. The highest BCUT2D eigenvalue weighted by molar-refractivity contribution is 6.36. The van der Waals surface area contributed by atoms with Crippen molar-refractivity contribution in [3.8, 4) is 0 Å². The van der Waals surface area contributed by atoms with Crippen LogP contribution in [0, 0.1) is 0 Å². The number of fused-ring (bicyclic) bond motifs is 1. The zero-order valence-electron chi connectivity index (χ0n) is 7.79. The fourth-order valence-electron chi connectivity index (χ4n) is 1.46. The third-order valence-corrected chi connectivity index (χ3v) is 2.61. The van der Waals surface area contributed by atoms with E-state index in [4.69, 9.17) is 11.6 Å². The van der Waals surface area contributed by atoms with E-state index in [2.05, 4.69) is 0 Å². The van der Waals surface area contributed by atoms with Gasteiger partial charge in [0.05, 0.1) is 16.0 Å². The van der Waals surface area contributed by atoms with E-state index in [-0.39, 0.29) is 10.9 Å². The van der Waals surface area contributed by atoms with Gasteiger partial charge in [-0.05, 0) is 12.1 Å². The average molecular weight is 249 g/mol. The minimum absolute atomic E-state index is 0.154. The first-order valence-electron chi connectivity index (χ1n) is 4.30. The van der Waals surface area contributed by atoms with Crippen molar-refractivity contribution in [2.45, 2.75) is 6.18 Å². The molecule has 2 rings (SSSR count). The SMILES string of the molecule is O[n+]1cccc2c(Cl)c(C(F)(F)F)ccc21. The Kier molecular flexibility index (Phi) is 2.42. The van der Waals surface area contributed by atoms with Gasteiger partial charge in [0.15, 0.2) is 0 Å². The Morgan fingerprint density at radius 3 is 2.50 bits per heavy atom. The maximum absolute atomic E-state index is 12.5. The highest BCUT2D eigenvalue weighted by Gasteiger charge is 2.34. The van der Waals surface area contributed by atoms with E-state index in [1.807, 2.05) is 0 Å². The average Bonchev–Trinajstić information content (AvgIpc) is 2.18. The molecule has 0 spiro atoms. The summed E-state index contributed by atoms with van der Waals surface area (Å²) in [5.74, 6) is 0. The summed E-state index contributed by atoms with van der Waals surface area (Å²) in [5, 5.41) is 9.11. The lowest BCUT2D eigenvalue weighted by atomic mass is 10.1. The number of benzene rings is 1. The molecule has 1 N–H and O–H groups in total. The third-order valence-electron chi connectivity index (χ3n) is 2.20. The predicted molar refractivity (Wildman–Crippen MR) is 51.3 cm³/mol. The van der Waals surface area contributed by atoms with Gasteiger partial charge in [-0.3, -0.25) is 5.21 Å². The molecule has 16 heavy (non-hydrogen) atoms. The summed E-state index contributed by atoms with van der Waals surface area (Å²) in [6, 6.07) is 4.84. The minimum atomic E-state index is -4.50. The van der Waals surface area contributed by atoms with Gasteiger partial charge in [-0.15, -0.1) is 0 Å². The van der Waals surface area contributed by atoms with Gasteiger partial charge >= 0.3 is 6.18 Å². The summed E-state index contributed by atoms with van der Waals surface area (Å²) in [5.41, 5.74) is -0.687. The zero-order valence-corrected chi connectivity index (χ0v) is 8.55. The summed E-state index contributed by atoms with van der Waals surface area (Å²) in [6.45, 7) is 0. The number of alkyl halides is 3. The van der Waals surface area contributed by atoms with E-state index in [1.54, 1.807) is 0 Å². The van der Waals surface area contributed by atoms with Gasteiger partial charge in [-0.1, -0.05) is 11.6 Å². The number of nitrogens with zero attached hydrogens (tertiary/aromatic N) is 1. The summed E-state index contributed by atoms with van der Waals surface area (Å²) in [7, 11) is 0. The maximum Gasteiger partial charge on any atom is 0.417 e. The monoisotopic (exact) mass is 248 g/mol. The fraction of sp³-hybridized carbons (Fsp3) is 0.100. The van der Waals surface area contributed by atoms with Crippen LogP contribution in [-0.4, -0.2) is 5.21 Å². The molecule has 6 heteroatoms. The summed E-state index contributed by atoms with van der Waals surface area (Å²) < 4.78 is 38.3. The third kappa shape index (κ3) is 1.67. The van der Waals surface area contributed by atoms with Crippen LogP contribution in [0.1, 0.15) is 5.56 Å². The van der Waals surface area contributed by atoms with Gasteiger partial charge in [-0.2, -0.15) is 13.2 Å². The van der Waals surface area contributed by atoms with Gasteiger partial charge in [0.2, 0.25) is 6.20 Å². The summed E-state index contributed by atoms with van der Waals surface area (Å²) >= 11 is 5.65. The van der Waals surface area contributed by atoms with Crippen molar-refractivity contribution in [1.82, 2.24) is 0 Å². The predicted octanol–water partition coefficient (Wildman–Crippen LogP) is 3.04. The van der Waals surface area contributed by atoms with Crippen LogP contribution in [0.3, 0.4) is 0 Å². The molecule has 0 aliphatic carbocycles. The minimum Gasteiger partial charge on any atom is -0.285 e. The molecular weight excluding hydrogens is 243 g/mol. The number of rotatable bonds is 0. The van der Waals surface area contributed by atoms with Crippen LogP contribution < -0.4 is 4.73 Å². The van der Waals surface area contributed by atoms with Crippen molar-refractivity contribution >= 4 is 22.5 Å². The van der Waals surface area contributed by atoms with Gasteiger partial charge in [-0.25, -0.2) is 0 Å². The topological polar surface area (TPSA) is 24.1 Å². The lowest BCUT2D eigenvalue weighted by molar-refractivity contribution is -0.884. The van der Waals surface area contributed by atoms with E-state index < -0.39 is 16.8 Å². The van der Waals surface area contributed by atoms with E-state index in [9.17, 15) is 18.4 Å². The molecular formula is C10H6ClF3NO+. The van der Waals surface area contributed by atoms with Crippen molar-refractivity contribution in [3.05, 3.63) is 41.0 Å². The Bertz CT molecular complexity index is 553. The summed E-state index contributed by atoms with van der Waals surface area (Å²) in [4.78, 5) is 0. The molecule has 1 aromatic carbocycles. The number of hydrogen-bond donors (Lipinski definition) is 1. The largest absolute Gasteiger partial charge is 0.417 e. The van der Waals surface area contributed by atoms with E-state index in [0.29, 0.717) is 0 Å². The molecule has 2 nitrogen and oxygen atoms in total. The molecule has 0 amide bonds. The fourth-order valence-corrected chi connectivity index (χ4v) is 1.79. The maximum atomic E-state index is 12.5. The second kappa shape index (κ2) is 3.52. The number of halogens is 4. The van der Waals surface area contributed by atoms with Crippen LogP contribution in [0.4, 0.5) is 13.2 Å².